The van der Waals surface area contributed by atoms with E-state index in [-0.39, 0.29) is 11.4 Å². The summed E-state index contributed by atoms with van der Waals surface area (Å²) in [5.41, 5.74) is 7.49. The van der Waals surface area contributed by atoms with Gasteiger partial charge in [-0.1, -0.05) is 17.7 Å². The lowest BCUT2D eigenvalue weighted by atomic mass is 10.0. The number of nitrogen functional groups attached to an aromatic ring is 1. The standard InChI is InChI=1S/C17H18ClFN2O/c1-17(2)10-21(9-12-13(18)4-3-5-14(12)19)15-8-11(20)6-7-16(15)22-17/h3-8H,9-10,20H2,1-2H3. The number of benzene rings is 2. The molecule has 5 heteroatoms. The Morgan fingerprint density at radius 2 is 2.09 bits per heavy atom. The summed E-state index contributed by atoms with van der Waals surface area (Å²) >= 11 is 6.16. The SMILES string of the molecule is CC1(C)CN(Cc2c(F)cccc2Cl)c2cc(N)ccc2O1. The minimum absolute atomic E-state index is 0.303. The first kappa shape index (κ1) is 15.0. The van der Waals surface area contributed by atoms with Crippen molar-refractivity contribution in [2.24, 2.45) is 0 Å². The molecule has 0 aliphatic carbocycles. The van der Waals surface area contributed by atoms with Crippen molar-refractivity contribution < 1.29 is 9.13 Å². The van der Waals surface area contributed by atoms with Crippen LogP contribution in [0.5, 0.6) is 5.75 Å². The number of fused-ring (bicyclic) bond motifs is 1. The summed E-state index contributed by atoms with van der Waals surface area (Å²) in [7, 11) is 0. The minimum Gasteiger partial charge on any atom is -0.484 e. The second-order valence-corrected chi connectivity index (χ2v) is 6.55. The van der Waals surface area contributed by atoms with Crippen LogP contribution in [0.25, 0.3) is 0 Å². The third-order valence-corrected chi connectivity index (χ3v) is 4.05. The molecule has 0 unspecified atom stereocenters. The van der Waals surface area contributed by atoms with Crippen LogP contribution in [0.1, 0.15) is 19.4 Å². The van der Waals surface area contributed by atoms with Crippen molar-refractivity contribution in [3.63, 3.8) is 0 Å². The van der Waals surface area contributed by atoms with Gasteiger partial charge in [-0.15, -0.1) is 0 Å². The smallest absolute Gasteiger partial charge is 0.143 e. The largest absolute Gasteiger partial charge is 0.484 e. The quantitative estimate of drug-likeness (QED) is 0.841. The third kappa shape index (κ3) is 2.83. The Balaban J connectivity index is 2.02. The maximum Gasteiger partial charge on any atom is 0.143 e. The van der Waals surface area contributed by atoms with Crippen molar-refractivity contribution in [2.45, 2.75) is 26.0 Å². The second-order valence-electron chi connectivity index (χ2n) is 6.15. The lowest BCUT2D eigenvalue weighted by molar-refractivity contribution is 0.104. The normalized spacial score (nSPS) is 16.1. The number of hydrogen-bond acceptors (Lipinski definition) is 3. The van der Waals surface area contributed by atoms with Crippen LogP contribution in [0.4, 0.5) is 15.8 Å². The van der Waals surface area contributed by atoms with Crippen molar-refractivity contribution in [1.29, 1.82) is 0 Å². The summed E-state index contributed by atoms with van der Waals surface area (Å²) < 4.78 is 20.1. The second kappa shape index (κ2) is 5.36. The minimum atomic E-state index is -0.374. The molecule has 0 amide bonds. The Kier molecular flexibility index (Phi) is 3.65. The molecule has 0 bridgehead atoms. The molecule has 0 saturated heterocycles. The molecule has 3 rings (SSSR count). The van der Waals surface area contributed by atoms with E-state index in [1.54, 1.807) is 18.2 Å². The van der Waals surface area contributed by atoms with Crippen LogP contribution in [0.15, 0.2) is 36.4 Å². The van der Waals surface area contributed by atoms with E-state index in [1.165, 1.54) is 6.07 Å². The Hall–Kier alpha value is -1.94. The number of halogens is 2. The summed E-state index contributed by atoms with van der Waals surface area (Å²) in [6, 6.07) is 10.2. The first-order chi connectivity index (χ1) is 10.4. The first-order valence-electron chi connectivity index (χ1n) is 7.12. The number of ether oxygens (including phenoxy) is 1. The summed E-state index contributed by atoms with van der Waals surface area (Å²) in [5, 5.41) is 0.426. The predicted octanol–water partition coefficient (Wildman–Crippen LogP) is 4.24. The maximum absolute atomic E-state index is 14.1. The van der Waals surface area contributed by atoms with E-state index in [1.807, 2.05) is 26.0 Å². The van der Waals surface area contributed by atoms with Crippen LogP contribution in [0, 0.1) is 5.82 Å². The first-order valence-corrected chi connectivity index (χ1v) is 7.50. The van der Waals surface area contributed by atoms with Gasteiger partial charge in [-0.3, -0.25) is 0 Å². The molecule has 0 atom stereocenters. The molecule has 1 aliphatic heterocycles. The van der Waals surface area contributed by atoms with Gasteiger partial charge < -0.3 is 15.4 Å². The predicted molar refractivity (Wildman–Crippen MR) is 88.0 cm³/mol. The van der Waals surface area contributed by atoms with Crippen molar-refractivity contribution in [1.82, 2.24) is 0 Å². The van der Waals surface area contributed by atoms with Gasteiger partial charge in [0.25, 0.3) is 0 Å². The number of nitrogens with zero attached hydrogens (tertiary/aromatic N) is 1. The molecule has 2 N–H and O–H groups in total. The van der Waals surface area contributed by atoms with Gasteiger partial charge in [0, 0.05) is 22.8 Å². The van der Waals surface area contributed by atoms with Crippen molar-refractivity contribution in [2.75, 3.05) is 17.2 Å². The highest BCUT2D eigenvalue weighted by Gasteiger charge is 2.32. The van der Waals surface area contributed by atoms with E-state index < -0.39 is 0 Å². The molecule has 116 valence electrons. The lowest BCUT2D eigenvalue weighted by Crippen LogP contribution is -2.46. The number of anilines is 2. The maximum atomic E-state index is 14.1. The summed E-state index contributed by atoms with van der Waals surface area (Å²) in [4.78, 5) is 2.06. The van der Waals surface area contributed by atoms with Crippen molar-refractivity contribution in [3.8, 4) is 5.75 Å². The van der Waals surface area contributed by atoms with Crippen LogP contribution < -0.4 is 15.4 Å². The molecule has 0 radical (unpaired) electrons. The van der Waals surface area contributed by atoms with E-state index >= 15 is 0 Å². The molecule has 2 aromatic rings. The molecule has 1 heterocycles. The van der Waals surface area contributed by atoms with Crippen LogP contribution in [-0.4, -0.2) is 12.1 Å². The molecular formula is C17H18ClFN2O. The van der Waals surface area contributed by atoms with Gasteiger partial charge in [-0.05, 0) is 44.2 Å². The Bertz CT molecular complexity index is 698. The number of nitrogens with two attached hydrogens (primary N) is 1. The lowest BCUT2D eigenvalue weighted by Gasteiger charge is -2.41. The van der Waals surface area contributed by atoms with Crippen LogP contribution in [0.2, 0.25) is 5.02 Å². The Morgan fingerprint density at radius 3 is 2.82 bits per heavy atom. The van der Waals surface area contributed by atoms with Crippen molar-refractivity contribution >= 4 is 23.0 Å². The van der Waals surface area contributed by atoms with Crippen LogP contribution in [0.3, 0.4) is 0 Å². The van der Waals surface area contributed by atoms with Crippen molar-refractivity contribution in [3.05, 3.63) is 52.8 Å². The topological polar surface area (TPSA) is 38.5 Å². The summed E-state index contributed by atoms with van der Waals surface area (Å²) in [6.07, 6.45) is 0. The molecule has 22 heavy (non-hydrogen) atoms. The number of hydrogen-bond donors (Lipinski definition) is 1. The molecular weight excluding hydrogens is 303 g/mol. The van der Waals surface area contributed by atoms with Gasteiger partial charge in [0.05, 0.1) is 12.2 Å². The van der Waals surface area contributed by atoms with E-state index in [2.05, 4.69) is 4.90 Å². The van der Waals surface area contributed by atoms with E-state index in [4.69, 9.17) is 22.1 Å². The fraction of sp³-hybridized carbons (Fsp3) is 0.294. The molecule has 0 fully saturated rings. The van der Waals surface area contributed by atoms with Gasteiger partial charge >= 0.3 is 0 Å². The zero-order chi connectivity index (χ0) is 15.9. The van der Waals surface area contributed by atoms with E-state index in [9.17, 15) is 4.39 Å². The Morgan fingerprint density at radius 1 is 1.32 bits per heavy atom. The fourth-order valence-electron chi connectivity index (χ4n) is 2.76. The Labute approximate surface area is 134 Å². The zero-order valence-corrected chi connectivity index (χ0v) is 13.3. The average Bonchev–Trinajstić information content (AvgIpc) is 2.43. The molecule has 2 aromatic carbocycles. The van der Waals surface area contributed by atoms with Gasteiger partial charge in [-0.25, -0.2) is 4.39 Å². The van der Waals surface area contributed by atoms with E-state index in [0.29, 0.717) is 29.4 Å². The highest BCUT2D eigenvalue weighted by Crippen LogP contribution is 2.39. The zero-order valence-electron chi connectivity index (χ0n) is 12.6. The molecule has 3 nitrogen and oxygen atoms in total. The molecule has 0 saturated carbocycles. The number of rotatable bonds is 2. The van der Waals surface area contributed by atoms with Gasteiger partial charge in [0.1, 0.15) is 17.2 Å². The molecule has 1 aliphatic rings. The van der Waals surface area contributed by atoms with Crippen LogP contribution >= 0.6 is 11.6 Å². The highest BCUT2D eigenvalue weighted by molar-refractivity contribution is 6.31. The molecule has 0 spiro atoms. The van der Waals surface area contributed by atoms with E-state index in [0.717, 1.165) is 11.4 Å². The average molecular weight is 321 g/mol. The van der Waals surface area contributed by atoms with Gasteiger partial charge in [-0.2, -0.15) is 0 Å². The van der Waals surface area contributed by atoms with Gasteiger partial charge in [0.2, 0.25) is 0 Å². The third-order valence-electron chi connectivity index (χ3n) is 3.69. The van der Waals surface area contributed by atoms with Gasteiger partial charge in [0.15, 0.2) is 0 Å². The highest BCUT2D eigenvalue weighted by atomic mass is 35.5. The summed E-state index contributed by atoms with van der Waals surface area (Å²) in [5.74, 6) is 0.445. The monoisotopic (exact) mass is 320 g/mol. The van der Waals surface area contributed by atoms with Crippen LogP contribution in [-0.2, 0) is 6.54 Å². The molecule has 0 aromatic heterocycles. The summed E-state index contributed by atoms with van der Waals surface area (Å²) in [6.45, 7) is 4.99. The fourth-order valence-corrected chi connectivity index (χ4v) is 2.98.